The fourth-order valence-electron chi connectivity index (χ4n) is 1.32. The molecule has 0 aliphatic heterocycles. The molecule has 6 heteroatoms. The molecule has 0 fully saturated rings. The maximum absolute atomic E-state index is 12.6. The van der Waals surface area contributed by atoms with Gasteiger partial charge < -0.3 is 10.3 Å². The Morgan fingerprint density at radius 2 is 2.44 bits per heavy atom. The number of aromatic nitrogens is 3. The van der Waals surface area contributed by atoms with Gasteiger partial charge in [-0.15, -0.1) is 0 Å². The molecule has 2 heterocycles. The van der Waals surface area contributed by atoms with Crippen molar-refractivity contribution in [3.8, 4) is 0 Å². The minimum Gasteiger partial charge on any atom is -0.355 e. The lowest BCUT2D eigenvalue weighted by Crippen LogP contribution is -2.23. The molecule has 84 valence electrons. The molecule has 0 aliphatic rings. The molecule has 0 aromatic carbocycles. The number of hydrogen-bond acceptors (Lipinski definition) is 2. The predicted octanol–water partition coefficient (Wildman–Crippen LogP) is 1.12. The number of carbonyl (C=O) groups excluding carboxylic acids is 1. The summed E-state index contributed by atoms with van der Waals surface area (Å²) >= 11 is 0. The van der Waals surface area contributed by atoms with E-state index < -0.39 is 5.82 Å². The molecule has 3 N–H and O–H groups in total. The number of nitrogens with one attached hydrogen (secondary N) is 3. The molecule has 2 rings (SSSR count). The van der Waals surface area contributed by atoms with E-state index in [2.05, 4.69) is 20.5 Å². The molecule has 5 nitrogen and oxygen atoms in total. The van der Waals surface area contributed by atoms with Crippen molar-refractivity contribution >= 4 is 5.91 Å². The van der Waals surface area contributed by atoms with Gasteiger partial charge in [-0.2, -0.15) is 5.10 Å². The first-order chi connectivity index (χ1) is 7.66. The van der Waals surface area contributed by atoms with E-state index in [9.17, 15) is 9.18 Å². The minimum absolute atomic E-state index is 0.207. The topological polar surface area (TPSA) is 73.6 Å². The summed E-state index contributed by atoms with van der Waals surface area (Å²) in [7, 11) is 0. The van der Waals surface area contributed by atoms with Crippen LogP contribution in [0.3, 0.4) is 0 Å². The monoisotopic (exact) mass is 222 g/mol. The third-order valence-electron chi connectivity index (χ3n) is 2.27. The normalized spacial score (nSPS) is 10.4. The lowest BCUT2D eigenvalue weighted by molar-refractivity contribution is 0.0946. The maximum atomic E-state index is 12.6. The Morgan fingerprint density at radius 1 is 1.62 bits per heavy atom. The largest absolute Gasteiger partial charge is 0.355 e. The molecule has 2 aromatic heterocycles. The van der Waals surface area contributed by atoms with Crippen LogP contribution in [0.15, 0.2) is 18.5 Å². The van der Waals surface area contributed by atoms with Crippen molar-refractivity contribution in [1.29, 1.82) is 0 Å². The number of nitrogens with zero attached hydrogens (tertiary/aromatic N) is 1. The van der Waals surface area contributed by atoms with E-state index in [0.717, 1.165) is 23.5 Å². The Hall–Kier alpha value is -2.11. The average molecular weight is 222 g/mol. The minimum atomic E-state index is -0.454. The van der Waals surface area contributed by atoms with Crippen LogP contribution in [0.1, 0.15) is 21.7 Å². The third kappa shape index (κ3) is 2.10. The number of aryl methyl sites for hydroxylation is 1. The molecule has 0 unspecified atom stereocenters. The van der Waals surface area contributed by atoms with Crippen LogP contribution in [0.25, 0.3) is 0 Å². The van der Waals surface area contributed by atoms with Crippen LogP contribution in [0.2, 0.25) is 0 Å². The van der Waals surface area contributed by atoms with Crippen LogP contribution < -0.4 is 5.32 Å². The molecule has 0 spiro atoms. The smallest absolute Gasteiger partial charge is 0.268 e. The first kappa shape index (κ1) is 10.4. The second-order valence-electron chi connectivity index (χ2n) is 3.43. The summed E-state index contributed by atoms with van der Waals surface area (Å²) in [6.07, 6.45) is 2.78. The first-order valence-electron chi connectivity index (χ1n) is 4.78. The number of amides is 1. The molecule has 16 heavy (non-hydrogen) atoms. The van der Waals surface area contributed by atoms with Gasteiger partial charge in [-0.3, -0.25) is 9.89 Å². The van der Waals surface area contributed by atoms with Gasteiger partial charge >= 0.3 is 0 Å². The molecule has 1 amide bonds. The first-order valence-corrected chi connectivity index (χ1v) is 4.78. The molecule has 0 atom stereocenters. The van der Waals surface area contributed by atoms with Crippen molar-refractivity contribution in [3.63, 3.8) is 0 Å². The van der Waals surface area contributed by atoms with Crippen molar-refractivity contribution in [1.82, 2.24) is 20.5 Å². The van der Waals surface area contributed by atoms with E-state index in [1.165, 1.54) is 0 Å². The highest BCUT2D eigenvalue weighted by molar-refractivity contribution is 5.92. The highest BCUT2D eigenvalue weighted by Crippen LogP contribution is 2.04. The van der Waals surface area contributed by atoms with E-state index >= 15 is 0 Å². The van der Waals surface area contributed by atoms with Crippen LogP contribution in [0.5, 0.6) is 0 Å². The standard InChI is InChI=1S/C10H11FN4O/c1-6-7(4-14-15-6)3-13-10(16)9-2-8(11)5-12-9/h2,4-5,12H,3H2,1H3,(H,13,16)(H,14,15). The summed E-state index contributed by atoms with van der Waals surface area (Å²) in [4.78, 5) is 14.1. The quantitative estimate of drug-likeness (QED) is 0.728. The van der Waals surface area contributed by atoms with Gasteiger partial charge in [-0.25, -0.2) is 4.39 Å². The number of halogens is 1. The second kappa shape index (κ2) is 4.18. The third-order valence-corrected chi connectivity index (χ3v) is 2.27. The molecule has 0 saturated heterocycles. The summed E-state index contributed by atoms with van der Waals surface area (Å²) in [5, 5.41) is 9.26. The molecular formula is C10H11FN4O. The summed E-state index contributed by atoms with van der Waals surface area (Å²) < 4.78 is 12.6. The number of rotatable bonds is 3. The maximum Gasteiger partial charge on any atom is 0.268 e. The van der Waals surface area contributed by atoms with Gasteiger partial charge in [0.25, 0.3) is 5.91 Å². The van der Waals surface area contributed by atoms with Crippen LogP contribution in [-0.4, -0.2) is 21.1 Å². The highest BCUT2D eigenvalue weighted by Gasteiger charge is 2.09. The summed E-state index contributed by atoms with van der Waals surface area (Å²) in [6, 6.07) is 1.15. The average Bonchev–Trinajstić information content (AvgIpc) is 2.84. The lowest BCUT2D eigenvalue weighted by atomic mass is 10.2. The van der Waals surface area contributed by atoms with Gasteiger partial charge in [-0.05, 0) is 6.92 Å². The highest BCUT2D eigenvalue weighted by atomic mass is 19.1. The zero-order valence-corrected chi connectivity index (χ0v) is 8.67. The summed E-state index contributed by atoms with van der Waals surface area (Å²) in [6.45, 7) is 2.23. The van der Waals surface area contributed by atoms with Crippen LogP contribution >= 0.6 is 0 Å². The molecule has 2 aromatic rings. The van der Waals surface area contributed by atoms with Gasteiger partial charge in [0.1, 0.15) is 11.5 Å². The van der Waals surface area contributed by atoms with E-state index in [-0.39, 0.29) is 11.6 Å². The fourth-order valence-corrected chi connectivity index (χ4v) is 1.32. The number of H-pyrrole nitrogens is 2. The predicted molar refractivity (Wildman–Crippen MR) is 55.2 cm³/mol. The van der Waals surface area contributed by atoms with Crippen LogP contribution in [0, 0.1) is 12.7 Å². The molecule has 0 saturated carbocycles. The Bertz CT molecular complexity index is 502. The number of hydrogen-bond donors (Lipinski definition) is 3. The zero-order valence-electron chi connectivity index (χ0n) is 8.67. The SMILES string of the molecule is Cc1[nH]ncc1CNC(=O)c1cc(F)c[nH]1. The van der Waals surface area contributed by atoms with Crippen LogP contribution in [0.4, 0.5) is 4.39 Å². The van der Waals surface area contributed by atoms with Gasteiger partial charge in [-0.1, -0.05) is 0 Å². The van der Waals surface area contributed by atoms with Crippen molar-refractivity contribution < 1.29 is 9.18 Å². The van der Waals surface area contributed by atoms with E-state index in [0.29, 0.717) is 6.54 Å². The van der Waals surface area contributed by atoms with Crippen molar-refractivity contribution in [2.75, 3.05) is 0 Å². The Balaban J connectivity index is 1.96. The molecule has 0 radical (unpaired) electrons. The summed E-state index contributed by atoms with van der Waals surface area (Å²) in [5.41, 5.74) is 2.01. The van der Waals surface area contributed by atoms with Gasteiger partial charge in [0, 0.05) is 30.1 Å². The Kier molecular flexibility index (Phi) is 2.72. The zero-order chi connectivity index (χ0) is 11.5. The molecule has 0 aliphatic carbocycles. The lowest BCUT2D eigenvalue weighted by Gasteiger charge is -2.02. The number of carbonyl (C=O) groups is 1. The molecular weight excluding hydrogens is 211 g/mol. The van der Waals surface area contributed by atoms with Gasteiger partial charge in [0.2, 0.25) is 0 Å². The number of aromatic amines is 2. The van der Waals surface area contributed by atoms with Gasteiger partial charge in [0.05, 0.1) is 6.20 Å². The Labute approximate surface area is 91.1 Å². The van der Waals surface area contributed by atoms with Crippen molar-refractivity contribution in [2.45, 2.75) is 13.5 Å². The van der Waals surface area contributed by atoms with E-state index in [4.69, 9.17) is 0 Å². The second-order valence-corrected chi connectivity index (χ2v) is 3.43. The van der Waals surface area contributed by atoms with Gasteiger partial charge in [0.15, 0.2) is 0 Å². The van der Waals surface area contributed by atoms with E-state index in [1.807, 2.05) is 6.92 Å². The van der Waals surface area contributed by atoms with Crippen molar-refractivity contribution in [2.24, 2.45) is 0 Å². The van der Waals surface area contributed by atoms with Crippen molar-refractivity contribution in [3.05, 3.63) is 41.2 Å². The van der Waals surface area contributed by atoms with Crippen LogP contribution in [-0.2, 0) is 6.54 Å². The Morgan fingerprint density at radius 3 is 3.00 bits per heavy atom. The summed E-state index contributed by atoms with van der Waals surface area (Å²) in [5.74, 6) is -0.797. The fraction of sp³-hybridized carbons (Fsp3) is 0.200. The molecule has 0 bridgehead atoms. The van der Waals surface area contributed by atoms with E-state index in [1.54, 1.807) is 6.20 Å².